The summed E-state index contributed by atoms with van der Waals surface area (Å²) in [7, 11) is -4.23. The van der Waals surface area contributed by atoms with Crippen LogP contribution in [0.5, 0.6) is 0 Å². The van der Waals surface area contributed by atoms with Crippen LogP contribution in [-0.2, 0) is 19.3 Å². The van der Waals surface area contributed by atoms with E-state index in [0.717, 1.165) is 26.1 Å². The predicted octanol–water partition coefficient (Wildman–Crippen LogP) is 5.73. The zero-order valence-corrected chi connectivity index (χ0v) is 17.6. The second-order valence-electron chi connectivity index (χ2n) is 5.21. The third kappa shape index (κ3) is 45.2. The second-order valence-corrected chi connectivity index (χ2v) is 6.30. The molecule has 156 valence electrons. The molecule has 0 amide bonds. The molecule has 0 aromatic carbocycles. The first kappa shape index (κ1) is 32.2. The van der Waals surface area contributed by atoms with Crippen molar-refractivity contribution in [2.45, 2.75) is 85.0 Å². The van der Waals surface area contributed by atoms with Crippen molar-refractivity contribution in [1.29, 1.82) is 0 Å². The van der Waals surface area contributed by atoms with Gasteiger partial charge in [0, 0.05) is 13.2 Å². The van der Waals surface area contributed by atoms with E-state index >= 15 is 0 Å². The lowest BCUT2D eigenvalue weighted by Crippen LogP contribution is -2.04. The first-order valence-electron chi connectivity index (χ1n) is 9.17. The summed E-state index contributed by atoms with van der Waals surface area (Å²) in [5.74, 6) is 0. The average Bonchev–Trinajstić information content (AvgIpc) is 2.55. The minimum atomic E-state index is -4.23. The van der Waals surface area contributed by atoms with E-state index in [9.17, 15) is 8.42 Å². The molecule has 0 aromatic heterocycles. The summed E-state index contributed by atoms with van der Waals surface area (Å²) in [6.45, 7) is 14.0. The van der Waals surface area contributed by atoms with E-state index in [1.165, 1.54) is 44.9 Å². The molecule has 0 saturated carbocycles. The van der Waals surface area contributed by atoms with Gasteiger partial charge >= 0.3 is 10.4 Å². The predicted molar refractivity (Wildman–Crippen MR) is 108 cm³/mol. The van der Waals surface area contributed by atoms with E-state index in [2.05, 4.69) is 24.3 Å². The maximum atomic E-state index is 10.2. The topological polar surface area (TPSA) is 108 Å². The van der Waals surface area contributed by atoms with Gasteiger partial charge in [0.1, 0.15) is 0 Å². The zero-order chi connectivity index (χ0) is 19.1. The lowest BCUT2D eigenvalue weighted by Gasteiger charge is -2.02. The minimum absolute atomic E-state index is 0. The van der Waals surface area contributed by atoms with Gasteiger partial charge in [-0.1, -0.05) is 64.7 Å². The fourth-order valence-corrected chi connectivity index (χ4v) is 2.29. The van der Waals surface area contributed by atoms with E-state index in [1.54, 1.807) is 0 Å². The van der Waals surface area contributed by atoms with Crippen molar-refractivity contribution >= 4 is 10.4 Å². The first-order chi connectivity index (χ1) is 11.5. The summed E-state index contributed by atoms with van der Waals surface area (Å²) in [6, 6.07) is 0. The van der Waals surface area contributed by atoms with Crippen molar-refractivity contribution < 1.29 is 21.9 Å². The monoisotopic (exact) mass is 385 g/mol. The van der Waals surface area contributed by atoms with Gasteiger partial charge in [0.2, 0.25) is 0 Å². The van der Waals surface area contributed by atoms with E-state index in [1.807, 2.05) is 13.8 Å². The Morgan fingerprint density at radius 2 is 1.12 bits per heavy atom. The maximum absolute atomic E-state index is 10.2. The molecule has 0 aromatic rings. The van der Waals surface area contributed by atoms with Crippen LogP contribution < -0.4 is 6.15 Å². The van der Waals surface area contributed by atoms with Crippen molar-refractivity contribution in [3.8, 4) is 0 Å². The number of unbranched alkanes of at least 4 members (excludes halogenated alkanes) is 9. The highest BCUT2D eigenvalue weighted by Crippen LogP contribution is 2.10. The smallest absolute Gasteiger partial charge is 0.382 e. The highest BCUT2D eigenvalue weighted by Gasteiger charge is 2.02. The molecule has 25 heavy (non-hydrogen) atoms. The summed E-state index contributed by atoms with van der Waals surface area (Å²) in [5, 5.41) is 0. The quantitative estimate of drug-likeness (QED) is 0.224. The second kappa shape index (κ2) is 28.3. The van der Waals surface area contributed by atoms with Crippen LogP contribution in [0.3, 0.4) is 0 Å². The van der Waals surface area contributed by atoms with E-state index < -0.39 is 10.4 Å². The van der Waals surface area contributed by atoms with Gasteiger partial charge in [-0.05, 0) is 20.3 Å². The van der Waals surface area contributed by atoms with Crippen LogP contribution in [0.2, 0.25) is 0 Å². The van der Waals surface area contributed by atoms with Gasteiger partial charge in [-0.2, -0.15) is 8.42 Å². The highest BCUT2D eigenvalue weighted by atomic mass is 32.3. The molecule has 0 saturated heterocycles. The lowest BCUT2D eigenvalue weighted by molar-refractivity contribution is 0.162. The molecule has 0 rings (SSSR count). The molecule has 0 unspecified atom stereocenters. The summed E-state index contributed by atoms with van der Waals surface area (Å²) < 4.78 is 37.8. The molecule has 0 atom stereocenters. The van der Waals surface area contributed by atoms with Gasteiger partial charge in [0.05, 0.1) is 6.61 Å². The molecule has 0 spiro atoms. The van der Waals surface area contributed by atoms with Gasteiger partial charge < -0.3 is 10.9 Å². The van der Waals surface area contributed by atoms with Crippen molar-refractivity contribution in [3.63, 3.8) is 0 Å². The van der Waals surface area contributed by atoms with Crippen LogP contribution >= 0.6 is 0 Å². The standard InChI is InChI=1S/C12H26O4S.C4H10O.C2H4.H3N/c1-2-3-4-5-6-7-8-9-10-11-12-16-17(13,14)15;1-3-5-4-2;1-2;/h2-12H2,1H3,(H,13,14,15);3-4H2,1-2H3;1-2H2;1H3. The largest absolute Gasteiger partial charge is 0.397 e. The number of ether oxygens (including phenoxy) is 1. The molecule has 0 aliphatic heterocycles. The number of rotatable bonds is 14. The molecule has 7 heteroatoms. The van der Waals surface area contributed by atoms with Gasteiger partial charge in [0.15, 0.2) is 0 Å². The molecule has 0 radical (unpaired) electrons. The molecule has 0 aliphatic carbocycles. The van der Waals surface area contributed by atoms with Gasteiger partial charge in [-0.25, -0.2) is 4.18 Å². The van der Waals surface area contributed by atoms with Crippen LogP contribution in [0.25, 0.3) is 0 Å². The van der Waals surface area contributed by atoms with Crippen LogP contribution in [0.15, 0.2) is 13.2 Å². The SMILES string of the molecule is C=C.CCCCCCCCCCCCOS(=O)(=O)O.CCOCC.N. The molecular weight excluding hydrogens is 342 g/mol. The summed E-state index contributed by atoms with van der Waals surface area (Å²) in [4.78, 5) is 0. The molecule has 0 fully saturated rings. The number of hydrogen-bond donors (Lipinski definition) is 2. The summed E-state index contributed by atoms with van der Waals surface area (Å²) in [6.07, 6.45) is 11.9. The van der Waals surface area contributed by atoms with E-state index in [0.29, 0.717) is 6.42 Å². The van der Waals surface area contributed by atoms with Crippen molar-refractivity contribution in [1.82, 2.24) is 6.15 Å². The lowest BCUT2D eigenvalue weighted by atomic mass is 10.1. The fourth-order valence-electron chi connectivity index (χ4n) is 1.96. The third-order valence-electron chi connectivity index (χ3n) is 3.14. The van der Waals surface area contributed by atoms with Crippen molar-refractivity contribution in [3.05, 3.63) is 13.2 Å². The molecular formula is C18H43NO5S. The Hall–Kier alpha value is -0.470. The first-order valence-corrected chi connectivity index (χ1v) is 10.5. The van der Waals surface area contributed by atoms with Crippen LogP contribution in [0.1, 0.15) is 85.0 Å². The average molecular weight is 386 g/mol. The molecule has 0 aliphatic rings. The third-order valence-corrected chi connectivity index (χ3v) is 3.60. The molecule has 4 N–H and O–H groups in total. The van der Waals surface area contributed by atoms with Crippen molar-refractivity contribution in [2.75, 3.05) is 19.8 Å². The highest BCUT2D eigenvalue weighted by molar-refractivity contribution is 7.80. The molecule has 6 nitrogen and oxygen atoms in total. The Kier molecular flexibility index (Phi) is 36.5. The Morgan fingerprint density at radius 1 is 0.760 bits per heavy atom. The van der Waals surface area contributed by atoms with Crippen LogP contribution in [0, 0.1) is 0 Å². The normalized spacial score (nSPS) is 9.92. The molecule has 0 bridgehead atoms. The zero-order valence-electron chi connectivity index (χ0n) is 16.8. The van der Waals surface area contributed by atoms with Gasteiger partial charge in [-0.3, -0.25) is 4.55 Å². The Labute approximate surface area is 156 Å². The number of hydrogen-bond acceptors (Lipinski definition) is 5. The molecule has 0 heterocycles. The van der Waals surface area contributed by atoms with Crippen LogP contribution in [-0.4, -0.2) is 32.8 Å². The maximum Gasteiger partial charge on any atom is 0.397 e. The fraction of sp³-hybridized carbons (Fsp3) is 0.889. The summed E-state index contributed by atoms with van der Waals surface area (Å²) in [5.41, 5.74) is 0. The van der Waals surface area contributed by atoms with E-state index in [4.69, 9.17) is 9.29 Å². The van der Waals surface area contributed by atoms with Crippen LogP contribution in [0.4, 0.5) is 0 Å². The Morgan fingerprint density at radius 3 is 1.40 bits per heavy atom. The Balaban J connectivity index is -0.000000236. The van der Waals surface area contributed by atoms with Gasteiger partial charge in [0.25, 0.3) is 0 Å². The summed E-state index contributed by atoms with van der Waals surface area (Å²) >= 11 is 0. The van der Waals surface area contributed by atoms with Gasteiger partial charge in [-0.15, -0.1) is 13.2 Å². The van der Waals surface area contributed by atoms with E-state index in [-0.39, 0.29) is 12.8 Å². The van der Waals surface area contributed by atoms with Crippen molar-refractivity contribution in [2.24, 2.45) is 0 Å². The Bertz CT molecular complexity index is 309. The minimum Gasteiger partial charge on any atom is -0.382 e.